The van der Waals surface area contributed by atoms with Crippen LogP contribution in [0.25, 0.3) is 11.4 Å². The Balaban J connectivity index is 1.44. The zero-order valence-corrected chi connectivity index (χ0v) is 16.5. The fraction of sp³-hybridized carbons (Fsp3) is 0.286. The third kappa shape index (κ3) is 4.09. The molecule has 29 heavy (non-hydrogen) atoms. The first-order valence-corrected chi connectivity index (χ1v) is 10.9. The van der Waals surface area contributed by atoms with Gasteiger partial charge in [0.2, 0.25) is 10.0 Å². The van der Waals surface area contributed by atoms with E-state index in [0.29, 0.717) is 32.0 Å². The van der Waals surface area contributed by atoms with Gasteiger partial charge in [0.05, 0.1) is 0 Å². The van der Waals surface area contributed by atoms with Crippen LogP contribution < -0.4 is 0 Å². The van der Waals surface area contributed by atoms with Crippen LogP contribution in [0.2, 0.25) is 0 Å². The highest BCUT2D eigenvalue weighted by molar-refractivity contribution is 7.89. The van der Waals surface area contributed by atoms with Crippen LogP contribution in [0.15, 0.2) is 65.8 Å². The summed E-state index contributed by atoms with van der Waals surface area (Å²) in [5, 5.41) is 0. The number of hydrogen-bond acceptors (Lipinski definition) is 3. The molecule has 8 heteroatoms. The monoisotopic (exact) mass is 417 g/mol. The molecular formula is C21H21F2N3O2S. The lowest BCUT2D eigenvalue weighted by molar-refractivity contribution is 0.253. The summed E-state index contributed by atoms with van der Waals surface area (Å²) in [7, 11) is -3.97. The number of sulfonamides is 1. The van der Waals surface area contributed by atoms with Crippen LogP contribution in [-0.2, 0) is 16.6 Å². The van der Waals surface area contributed by atoms with Gasteiger partial charge in [0, 0.05) is 43.7 Å². The number of hydrogen-bond donors (Lipinski definition) is 0. The second-order valence-electron chi connectivity index (χ2n) is 7.19. The van der Waals surface area contributed by atoms with Crippen LogP contribution >= 0.6 is 0 Å². The predicted molar refractivity (Wildman–Crippen MR) is 106 cm³/mol. The molecule has 0 aliphatic carbocycles. The van der Waals surface area contributed by atoms with Crippen molar-refractivity contribution in [1.82, 2.24) is 13.9 Å². The lowest BCUT2D eigenvalue weighted by Crippen LogP contribution is -2.39. The summed E-state index contributed by atoms with van der Waals surface area (Å²) in [6.07, 6.45) is 5.02. The molecule has 1 fully saturated rings. The van der Waals surface area contributed by atoms with Gasteiger partial charge in [-0.2, -0.15) is 4.31 Å². The van der Waals surface area contributed by atoms with E-state index in [1.54, 1.807) is 6.20 Å². The number of rotatable bonds is 5. The van der Waals surface area contributed by atoms with Gasteiger partial charge in [-0.05, 0) is 30.9 Å². The van der Waals surface area contributed by atoms with Crippen LogP contribution in [0, 0.1) is 17.6 Å². The summed E-state index contributed by atoms with van der Waals surface area (Å²) >= 11 is 0. The molecule has 1 saturated heterocycles. The molecule has 152 valence electrons. The second-order valence-corrected chi connectivity index (χ2v) is 9.10. The van der Waals surface area contributed by atoms with Crippen molar-refractivity contribution in [3.05, 3.63) is 72.6 Å². The number of benzene rings is 2. The molecule has 1 aromatic heterocycles. The predicted octanol–water partition coefficient (Wildman–Crippen LogP) is 3.93. The molecule has 2 aromatic carbocycles. The molecule has 0 atom stereocenters. The Kier molecular flexibility index (Phi) is 5.47. The van der Waals surface area contributed by atoms with Gasteiger partial charge in [-0.15, -0.1) is 0 Å². The van der Waals surface area contributed by atoms with Crippen molar-refractivity contribution in [2.24, 2.45) is 5.92 Å². The Labute approximate surface area is 168 Å². The maximum atomic E-state index is 14.0. The second kappa shape index (κ2) is 8.04. The maximum Gasteiger partial charge on any atom is 0.245 e. The minimum atomic E-state index is -3.97. The van der Waals surface area contributed by atoms with Gasteiger partial charge in [0.15, 0.2) is 0 Å². The Morgan fingerprint density at radius 2 is 1.76 bits per heavy atom. The van der Waals surface area contributed by atoms with E-state index < -0.39 is 26.6 Å². The van der Waals surface area contributed by atoms with Crippen molar-refractivity contribution in [1.29, 1.82) is 0 Å². The van der Waals surface area contributed by atoms with Crippen LogP contribution in [0.1, 0.15) is 12.8 Å². The molecule has 0 radical (unpaired) electrons. The summed E-state index contributed by atoms with van der Waals surface area (Å²) in [5.41, 5.74) is 1.03. The zero-order chi connectivity index (χ0) is 20.4. The molecule has 0 amide bonds. The van der Waals surface area contributed by atoms with Gasteiger partial charge in [-0.25, -0.2) is 22.2 Å². The quantitative estimate of drug-likeness (QED) is 0.632. The molecule has 4 rings (SSSR count). The largest absolute Gasteiger partial charge is 0.331 e. The van der Waals surface area contributed by atoms with Gasteiger partial charge in [0.25, 0.3) is 0 Å². The first-order valence-electron chi connectivity index (χ1n) is 9.47. The average Bonchev–Trinajstić information content (AvgIpc) is 3.17. The lowest BCUT2D eigenvalue weighted by Gasteiger charge is -2.31. The Hall–Kier alpha value is -2.58. The van der Waals surface area contributed by atoms with Crippen molar-refractivity contribution in [2.75, 3.05) is 13.1 Å². The highest BCUT2D eigenvalue weighted by Crippen LogP contribution is 2.27. The van der Waals surface area contributed by atoms with E-state index >= 15 is 0 Å². The fourth-order valence-electron chi connectivity index (χ4n) is 3.74. The molecule has 3 aromatic rings. The molecule has 0 bridgehead atoms. The van der Waals surface area contributed by atoms with Crippen molar-refractivity contribution in [3.63, 3.8) is 0 Å². The first kappa shape index (κ1) is 19.7. The van der Waals surface area contributed by atoms with E-state index in [1.807, 2.05) is 36.5 Å². The number of piperidine rings is 1. The molecular weight excluding hydrogens is 396 g/mol. The smallest absolute Gasteiger partial charge is 0.245 e. The molecule has 5 nitrogen and oxygen atoms in total. The maximum absolute atomic E-state index is 14.0. The molecule has 1 aliphatic rings. The Morgan fingerprint density at radius 3 is 2.45 bits per heavy atom. The van der Waals surface area contributed by atoms with Gasteiger partial charge in [-0.3, -0.25) is 0 Å². The van der Waals surface area contributed by atoms with E-state index in [0.717, 1.165) is 30.1 Å². The Morgan fingerprint density at radius 1 is 1.03 bits per heavy atom. The summed E-state index contributed by atoms with van der Waals surface area (Å²) < 4.78 is 55.9. The van der Waals surface area contributed by atoms with E-state index in [2.05, 4.69) is 9.55 Å². The summed E-state index contributed by atoms with van der Waals surface area (Å²) in [5.74, 6) is -0.682. The average molecular weight is 417 g/mol. The third-order valence-electron chi connectivity index (χ3n) is 5.29. The van der Waals surface area contributed by atoms with Gasteiger partial charge >= 0.3 is 0 Å². The SMILES string of the molecule is O=S(=O)(c1ccc(F)cc1F)N1CCC(Cn2ccnc2-c2ccccc2)CC1. The number of halogens is 2. The minimum absolute atomic E-state index is 0.288. The summed E-state index contributed by atoms with van der Waals surface area (Å²) in [4.78, 5) is 3.97. The zero-order valence-electron chi connectivity index (χ0n) is 15.7. The summed E-state index contributed by atoms with van der Waals surface area (Å²) in [6, 6.07) is 12.5. The van der Waals surface area contributed by atoms with Crippen LogP contribution in [-0.4, -0.2) is 35.4 Å². The van der Waals surface area contributed by atoms with Crippen LogP contribution in [0.5, 0.6) is 0 Å². The number of nitrogens with zero attached hydrogens (tertiary/aromatic N) is 3. The molecule has 0 saturated carbocycles. The van der Waals surface area contributed by atoms with Crippen LogP contribution in [0.3, 0.4) is 0 Å². The van der Waals surface area contributed by atoms with E-state index in [-0.39, 0.29) is 5.92 Å². The van der Waals surface area contributed by atoms with Crippen molar-refractivity contribution in [2.45, 2.75) is 24.3 Å². The molecule has 1 aliphatic heterocycles. The van der Waals surface area contributed by atoms with E-state index in [4.69, 9.17) is 0 Å². The minimum Gasteiger partial charge on any atom is -0.331 e. The van der Waals surface area contributed by atoms with Crippen molar-refractivity contribution in [3.8, 4) is 11.4 Å². The standard InChI is InChI=1S/C21H21F2N3O2S/c22-18-6-7-20(19(23)14-18)29(27,28)26-11-8-16(9-12-26)15-25-13-10-24-21(25)17-4-2-1-3-5-17/h1-7,10,13-14,16H,8-9,11-12,15H2. The molecule has 0 unspecified atom stereocenters. The topological polar surface area (TPSA) is 55.2 Å². The Bertz CT molecular complexity index is 1090. The molecule has 0 spiro atoms. The van der Waals surface area contributed by atoms with Gasteiger partial charge < -0.3 is 4.57 Å². The van der Waals surface area contributed by atoms with E-state index in [9.17, 15) is 17.2 Å². The lowest BCUT2D eigenvalue weighted by atomic mass is 9.98. The highest BCUT2D eigenvalue weighted by Gasteiger charge is 2.31. The summed E-state index contributed by atoms with van der Waals surface area (Å²) in [6.45, 7) is 1.35. The number of aromatic nitrogens is 2. The van der Waals surface area contributed by atoms with Crippen molar-refractivity contribution < 1.29 is 17.2 Å². The normalized spacial score (nSPS) is 16.2. The van der Waals surface area contributed by atoms with E-state index in [1.165, 1.54) is 4.31 Å². The van der Waals surface area contributed by atoms with Gasteiger partial charge in [-0.1, -0.05) is 30.3 Å². The van der Waals surface area contributed by atoms with Crippen LogP contribution in [0.4, 0.5) is 8.78 Å². The van der Waals surface area contributed by atoms with Gasteiger partial charge in [0.1, 0.15) is 22.4 Å². The number of imidazole rings is 1. The third-order valence-corrected chi connectivity index (χ3v) is 7.22. The first-order chi connectivity index (χ1) is 13.9. The van der Waals surface area contributed by atoms with Crippen molar-refractivity contribution >= 4 is 10.0 Å². The molecule has 2 heterocycles. The molecule has 0 N–H and O–H groups in total. The highest BCUT2D eigenvalue weighted by atomic mass is 32.2. The fourth-order valence-corrected chi connectivity index (χ4v) is 5.25.